The largest absolute Gasteiger partial charge is 0.338 e. The van der Waals surface area contributed by atoms with Gasteiger partial charge in [-0.1, -0.05) is 11.3 Å². The molecule has 1 aromatic rings. The Labute approximate surface area is 96.8 Å². The van der Waals surface area contributed by atoms with Gasteiger partial charge in [0.2, 0.25) is 0 Å². The van der Waals surface area contributed by atoms with E-state index < -0.39 is 4.92 Å². The van der Waals surface area contributed by atoms with Crippen molar-refractivity contribution in [2.45, 2.75) is 19.3 Å². The molecule has 0 spiro atoms. The molecular weight excluding hydrogens is 228 g/mol. The maximum Gasteiger partial charge on any atom is 0.324 e. The Morgan fingerprint density at radius 1 is 1.31 bits per heavy atom. The van der Waals surface area contributed by atoms with Gasteiger partial charge in [0.1, 0.15) is 0 Å². The third-order valence-electron chi connectivity index (χ3n) is 2.63. The number of carbonyl (C=O) groups is 1. The SMILES string of the molecule is O=C(c1ccc([N+](=O)[O-])s1)N1CCCCC1. The summed E-state index contributed by atoms with van der Waals surface area (Å²) < 4.78 is 0. The first-order valence-electron chi connectivity index (χ1n) is 5.22. The topological polar surface area (TPSA) is 63.4 Å². The van der Waals surface area contributed by atoms with Crippen molar-refractivity contribution >= 4 is 22.2 Å². The zero-order valence-electron chi connectivity index (χ0n) is 8.72. The molecule has 1 aliphatic heterocycles. The third-order valence-corrected chi connectivity index (χ3v) is 3.65. The third kappa shape index (κ3) is 2.21. The first-order chi connectivity index (χ1) is 7.68. The number of nitro groups is 1. The summed E-state index contributed by atoms with van der Waals surface area (Å²) in [6, 6.07) is 2.93. The lowest BCUT2D eigenvalue weighted by Crippen LogP contribution is -2.35. The molecule has 1 saturated heterocycles. The van der Waals surface area contributed by atoms with E-state index in [4.69, 9.17) is 0 Å². The standard InChI is InChI=1S/C10H12N2O3S/c13-10(11-6-2-1-3-7-11)8-4-5-9(16-8)12(14)15/h4-5H,1-3,6-7H2. The molecule has 86 valence electrons. The summed E-state index contributed by atoms with van der Waals surface area (Å²) in [6.07, 6.45) is 3.22. The highest BCUT2D eigenvalue weighted by atomic mass is 32.1. The second-order valence-electron chi connectivity index (χ2n) is 3.75. The number of thiophene rings is 1. The molecule has 0 bridgehead atoms. The minimum atomic E-state index is -0.461. The Balaban J connectivity index is 2.10. The molecule has 5 nitrogen and oxygen atoms in total. The van der Waals surface area contributed by atoms with Crippen LogP contribution in [-0.4, -0.2) is 28.8 Å². The lowest BCUT2D eigenvalue weighted by atomic mass is 10.1. The van der Waals surface area contributed by atoms with E-state index in [1.54, 1.807) is 11.0 Å². The number of carbonyl (C=O) groups excluding carboxylic acids is 1. The van der Waals surface area contributed by atoms with Gasteiger partial charge in [-0.25, -0.2) is 0 Å². The van der Waals surface area contributed by atoms with Crippen LogP contribution in [0.5, 0.6) is 0 Å². The van der Waals surface area contributed by atoms with Crippen LogP contribution in [0.3, 0.4) is 0 Å². The van der Waals surface area contributed by atoms with E-state index in [0.29, 0.717) is 4.88 Å². The lowest BCUT2D eigenvalue weighted by Gasteiger charge is -2.25. The van der Waals surface area contributed by atoms with Crippen LogP contribution in [0.1, 0.15) is 28.9 Å². The van der Waals surface area contributed by atoms with Gasteiger partial charge in [0.25, 0.3) is 5.91 Å². The molecule has 0 aliphatic carbocycles. The quantitative estimate of drug-likeness (QED) is 0.588. The van der Waals surface area contributed by atoms with E-state index >= 15 is 0 Å². The summed E-state index contributed by atoms with van der Waals surface area (Å²) in [6.45, 7) is 1.54. The first kappa shape index (κ1) is 11.1. The van der Waals surface area contributed by atoms with Crippen LogP contribution in [0.4, 0.5) is 5.00 Å². The highest BCUT2D eigenvalue weighted by Gasteiger charge is 2.21. The molecule has 0 atom stereocenters. The van der Waals surface area contributed by atoms with Gasteiger partial charge >= 0.3 is 5.00 Å². The Kier molecular flexibility index (Phi) is 3.19. The van der Waals surface area contributed by atoms with E-state index in [2.05, 4.69) is 0 Å². The smallest absolute Gasteiger partial charge is 0.324 e. The zero-order valence-corrected chi connectivity index (χ0v) is 9.53. The number of hydrogen-bond acceptors (Lipinski definition) is 4. The Morgan fingerprint density at radius 2 is 2.00 bits per heavy atom. The van der Waals surface area contributed by atoms with Crippen molar-refractivity contribution < 1.29 is 9.72 Å². The van der Waals surface area contributed by atoms with Gasteiger partial charge in [0.05, 0.1) is 9.80 Å². The minimum absolute atomic E-state index is 0.0281. The number of amides is 1. The Morgan fingerprint density at radius 3 is 2.56 bits per heavy atom. The van der Waals surface area contributed by atoms with Gasteiger partial charge < -0.3 is 4.90 Å². The van der Waals surface area contributed by atoms with Crippen molar-refractivity contribution in [1.82, 2.24) is 4.90 Å². The molecule has 1 amide bonds. The molecule has 6 heteroatoms. The molecule has 0 N–H and O–H groups in total. The summed E-state index contributed by atoms with van der Waals surface area (Å²) in [4.78, 5) is 24.2. The summed E-state index contributed by atoms with van der Waals surface area (Å²) >= 11 is 0.952. The Bertz CT molecular complexity index is 410. The predicted molar refractivity (Wildman–Crippen MR) is 60.7 cm³/mol. The van der Waals surface area contributed by atoms with Crippen LogP contribution in [0.15, 0.2) is 12.1 Å². The zero-order chi connectivity index (χ0) is 11.5. The van der Waals surface area contributed by atoms with Crippen molar-refractivity contribution in [2.24, 2.45) is 0 Å². The second-order valence-corrected chi connectivity index (χ2v) is 4.81. The van der Waals surface area contributed by atoms with Crippen LogP contribution in [0.2, 0.25) is 0 Å². The summed E-state index contributed by atoms with van der Waals surface area (Å²) in [5.41, 5.74) is 0. The van der Waals surface area contributed by atoms with Crippen molar-refractivity contribution in [3.8, 4) is 0 Å². The van der Waals surface area contributed by atoms with Crippen LogP contribution >= 0.6 is 11.3 Å². The van der Waals surface area contributed by atoms with E-state index in [-0.39, 0.29) is 10.9 Å². The average molecular weight is 240 g/mol. The fraction of sp³-hybridized carbons (Fsp3) is 0.500. The van der Waals surface area contributed by atoms with Crippen molar-refractivity contribution in [3.05, 3.63) is 27.1 Å². The molecule has 2 heterocycles. The molecule has 0 radical (unpaired) electrons. The summed E-state index contributed by atoms with van der Waals surface area (Å²) in [5.74, 6) is -0.0715. The summed E-state index contributed by atoms with van der Waals surface area (Å²) in [5, 5.41) is 10.5. The predicted octanol–water partition coefficient (Wildman–Crippen LogP) is 2.28. The molecule has 1 fully saturated rings. The molecule has 16 heavy (non-hydrogen) atoms. The molecule has 2 rings (SSSR count). The number of nitrogens with zero attached hydrogens (tertiary/aromatic N) is 2. The van der Waals surface area contributed by atoms with Crippen molar-refractivity contribution in [1.29, 1.82) is 0 Å². The van der Waals surface area contributed by atoms with Gasteiger partial charge in [-0.05, 0) is 25.3 Å². The van der Waals surface area contributed by atoms with Crippen LogP contribution in [-0.2, 0) is 0 Å². The fourth-order valence-electron chi connectivity index (χ4n) is 1.79. The van der Waals surface area contributed by atoms with Gasteiger partial charge in [-0.3, -0.25) is 14.9 Å². The van der Waals surface area contributed by atoms with Crippen molar-refractivity contribution in [2.75, 3.05) is 13.1 Å². The number of piperidine rings is 1. The van der Waals surface area contributed by atoms with Crippen molar-refractivity contribution in [3.63, 3.8) is 0 Å². The number of likely N-dealkylation sites (tertiary alicyclic amines) is 1. The van der Waals surface area contributed by atoms with Gasteiger partial charge in [-0.2, -0.15) is 0 Å². The normalized spacial score (nSPS) is 16.1. The van der Waals surface area contributed by atoms with Crippen LogP contribution < -0.4 is 0 Å². The number of rotatable bonds is 2. The molecular formula is C10H12N2O3S. The first-order valence-corrected chi connectivity index (χ1v) is 6.03. The van der Waals surface area contributed by atoms with Gasteiger partial charge in [0, 0.05) is 19.2 Å². The van der Waals surface area contributed by atoms with Gasteiger partial charge in [0.15, 0.2) is 0 Å². The van der Waals surface area contributed by atoms with E-state index in [1.807, 2.05) is 0 Å². The summed E-state index contributed by atoms with van der Waals surface area (Å²) in [7, 11) is 0. The van der Waals surface area contributed by atoms with E-state index in [9.17, 15) is 14.9 Å². The molecule has 1 aromatic heterocycles. The average Bonchev–Trinajstić information content (AvgIpc) is 2.78. The highest BCUT2D eigenvalue weighted by molar-refractivity contribution is 7.17. The van der Waals surface area contributed by atoms with E-state index in [1.165, 1.54) is 6.07 Å². The van der Waals surface area contributed by atoms with Crippen LogP contribution in [0.25, 0.3) is 0 Å². The lowest BCUT2D eigenvalue weighted by molar-refractivity contribution is -0.380. The Hall–Kier alpha value is -1.43. The van der Waals surface area contributed by atoms with E-state index in [0.717, 1.165) is 43.7 Å². The minimum Gasteiger partial charge on any atom is -0.338 e. The maximum absolute atomic E-state index is 11.9. The fourth-order valence-corrected chi connectivity index (χ4v) is 2.58. The molecule has 0 aromatic carbocycles. The molecule has 0 saturated carbocycles. The number of hydrogen-bond donors (Lipinski definition) is 0. The second kappa shape index (κ2) is 4.61. The molecule has 0 unspecified atom stereocenters. The monoisotopic (exact) mass is 240 g/mol. The highest BCUT2D eigenvalue weighted by Crippen LogP contribution is 2.25. The maximum atomic E-state index is 11.9. The van der Waals surface area contributed by atoms with Gasteiger partial charge in [-0.15, -0.1) is 0 Å². The molecule has 1 aliphatic rings. The van der Waals surface area contributed by atoms with Crippen LogP contribution in [0, 0.1) is 10.1 Å².